The molecular weight excluding hydrogens is 389 g/mol. The molecule has 2 aliphatic rings. The fourth-order valence-electron chi connectivity index (χ4n) is 3.76. The van der Waals surface area contributed by atoms with Gasteiger partial charge in [0.1, 0.15) is 6.23 Å². The van der Waals surface area contributed by atoms with Gasteiger partial charge in [-0.05, 0) is 38.5 Å². The number of halogens is 3. The quantitative estimate of drug-likeness (QED) is 0.504. The molecule has 0 bridgehead atoms. The minimum atomic E-state index is -4.27. The number of amides is 1. The third kappa shape index (κ3) is 5.26. The van der Waals surface area contributed by atoms with E-state index in [0.717, 1.165) is 12.8 Å². The molecule has 1 heterocycles. The maximum atomic E-state index is 12.4. The van der Waals surface area contributed by atoms with Gasteiger partial charge in [0, 0.05) is 18.2 Å². The SMILES string of the molecule is N#CCC1(n2cc(C(N)O)c(NC(=O)C3CC3)n2)CCC(NCC(F)(F)F)CC1. The van der Waals surface area contributed by atoms with Crippen molar-refractivity contribution >= 4 is 11.7 Å². The first-order valence-electron chi connectivity index (χ1n) is 9.65. The highest BCUT2D eigenvalue weighted by Crippen LogP contribution is 2.39. The highest BCUT2D eigenvalue weighted by Gasteiger charge is 2.40. The topological polar surface area (TPSA) is 129 Å². The van der Waals surface area contributed by atoms with Crippen LogP contribution < -0.4 is 16.4 Å². The molecule has 0 aromatic carbocycles. The smallest absolute Gasteiger partial charge is 0.374 e. The number of carbonyl (C=O) groups is 1. The molecule has 2 fully saturated rings. The molecule has 1 atom stereocenters. The van der Waals surface area contributed by atoms with Gasteiger partial charge in [-0.25, -0.2) is 0 Å². The van der Waals surface area contributed by atoms with Gasteiger partial charge in [-0.3, -0.25) is 9.48 Å². The molecule has 11 heteroatoms. The second kappa shape index (κ2) is 8.30. The van der Waals surface area contributed by atoms with Crippen LogP contribution in [0, 0.1) is 17.2 Å². The average Bonchev–Trinajstić information content (AvgIpc) is 3.41. The summed E-state index contributed by atoms with van der Waals surface area (Å²) in [5, 5.41) is 28.8. The number of aliphatic hydroxyl groups excluding tert-OH is 1. The minimum absolute atomic E-state index is 0.0638. The van der Waals surface area contributed by atoms with Gasteiger partial charge in [0.15, 0.2) is 5.82 Å². The normalized spacial score (nSPS) is 26.0. The standard InChI is InChI=1S/C18H25F3N6O2/c19-18(20,21)10-24-12-3-5-17(6-4-12,7-8-22)27-9-13(14(23)28)15(26-27)25-16(29)11-1-2-11/h9,11-12,14,24,28H,1-7,10,23H2,(H,25,26,29). The molecule has 5 N–H and O–H groups in total. The van der Waals surface area contributed by atoms with E-state index in [-0.39, 0.29) is 35.7 Å². The summed E-state index contributed by atoms with van der Waals surface area (Å²) in [6.45, 7) is -1.05. The van der Waals surface area contributed by atoms with E-state index in [2.05, 4.69) is 21.8 Å². The van der Waals surface area contributed by atoms with E-state index >= 15 is 0 Å². The Morgan fingerprint density at radius 3 is 2.59 bits per heavy atom. The monoisotopic (exact) mass is 414 g/mol. The molecule has 1 unspecified atom stereocenters. The van der Waals surface area contributed by atoms with Gasteiger partial charge >= 0.3 is 6.18 Å². The Kier molecular flexibility index (Phi) is 6.16. The summed E-state index contributed by atoms with van der Waals surface area (Å²) in [5.41, 5.74) is 5.13. The second-order valence-corrected chi connectivity index (χ2v) is 7.92. The van der Waals surface area contributed by atoms with Gasteiger partial charge in [0.25, 0.3) is 0 Å². The molecule has 0 spiro atoms. The summed E-state index contributed by atoms with van der Waals surface area (Å²) in [6, 6.07) is 1.83. The molecule has 0 saturated heterocycles. The number of nitrogens with one attached hydrogen (secondary N) is 2. The Bertz CT molecular complexity index is 774. The van der Waals surface area contributed by atoms with Crippen molar-refractivity contribution in [2.75, 3.05) is 11.9 Å². The lowest BCUT2D eigenvalue weighted by Gasteiger charge is -2.39. The van der Waals surface area contributed by atoms with Crippen LogP contribution in [0.2, 0.25) is 0 Å². The zero-order valence-electron chi connectivity index (χ0n) is 15.9. The lowest BCUT2D eigenvalue weighted by atomic mass is 9.77. The maximum absolute atomic E-state index is 12.4. The molecular formula is C18H25F3N6O2. The van der Waals surface area contributed by atoms with Crippen molar-refractivity contribution in [3.63, 3.8) is 0 Å². The van der Waals surface area contributed by atoms with Gasteiger partial charge < -0.3 is 21.5 Å². The van der Waals surface area contributed by atoms with Crippen LogP contribution in [-0.4, -0.2) is 39.6 Å². The molecule has 3 rings (SSSR count). The fraction of sp³-hybridized carbons (Fsp3) is 0.722. The fourth-order valence-corrected chi connectivity index (χ4v) is 3.76. The van der Waals surface area contributed by atoms with E-state index in [1.165, 1.54) is 6.20 Å². The first-order valence-corrected chi connectivity index (χ1v) is 9.65. The molecule has 2 saturated carbocycles. The van der Waals surface area contributed by atoms with Crippen LogP contribution in [0.1, 0.15) is 56.7 Å². The van der Waals surface area contributed by atoms with Crippen molar-refractivity contribution in [2.45, 2.75) is 68.9 Å². The first kappa shape index (κ1) is 21.5. The van der Waals surface area contributed by atoms with E-state index in [1.807, 2.05) is 0 Å². The van der Waals surface area contributed by atoms with Crippen LogP contribution in [0.4, 0.5) is 19.0 Å². The Morgan fingerprint density at radius 1 is 1.41 bits per heavy atom. The van der Waals surface area contributed by atoms with Gasteiger partial charge in [-0.15, -0.1) is 0 Å². The van der Waals surface area contributed by atoms with Crippen LogP contribution in [0.25, 0.3) is 0 Å². The Hall–Kier alpha value is -2.16. The van der Waals surface area contributed by atoms with Gasteiger partial charge in [-0.1, -0.05) is 0 Å². The van der Waals surface area contributed by atoms with Gasteiger partial charge in [-0.2, -0.15) is 23.5 Å². The van der Waals surface area contributed by atoms with Gasteiger partial charge in [0.2, 0.25) is 5.91 Å². The van der Waals surface area contributed by atoms with Gasteiger partial charge in [0.05, 0.1) is 30.1 Å². The predicted molar refractivity (Wildman–Crippen MR) is 97.2 cm³/mol. The zero-order chi connectivity index (χ0) is 21.2. The third-order valence-corrected chi connectivity index (χ3v) is 5.65. The number of aliphatic hydroxyl groups is 1. The molecule has 1 amide bonds. The summed E-state index contributed by atoms with van der Waals surface area (Å²) in [6.07, 6.45) is -0.627. The van der Waals surface area contributed by atoms with Crippen molar-refractivity contribution in [2.24, 2.45) is 11.7 Å². The minimum Gasteiger partial charge on any atom is -0.374 e. The maximum Gasteiger partial charge on any atom is 0.401 e. The van der Waals surface area contributed by atoms with E-state index in [9.17, 15) is 28.3 Å². The third-order valence-electron chi connectivity index (χ3n) is 5.65. The van der Waals surface area contributed by atoms with Crippen LogP contribution in [0.3, 0.4) is 0 Å². The Morgan fingerprint density at radius 2 is 2.07 bits per heavy atom. The largest absolute Gasteiger partial charge is 0.401 e. The summed E-state index contributed by atoms with van der Waals surface area (Å²) in [4.78, 5) is 12.1. The van der Waals surface area contributed by atoms with Crippen molar-refractivity contribution in [1.29, 1.82) is 5.26 Å². The van der Waals surface area contributed by atoms with Crippen LogP contribution in [0.5, 0.6) is 0 Å². The number of aromatic nitrogens is 2. The Balaban J connectivity index is 1.76. The predicted octanol–water partition coefficient (Wildman–Crippen LogP) is 1.88. The highest BCUT2D eigenvalue weighted by molar-refractivity contribution is 5.93. The lowest BCUT2D eigenvalue weighted by molar-refractivity contribution is -0.127. The molecule has 0 radical (unpaired) electrons. The molecule has 29 heavy (non-hydrogen) atoms. The molecule has 1 aromatic heterocycles. The summed E-state index contributed by atoms with van der Waals surface area (Å²) in [5.74, 6) is -0.0933. The average molecular weight is 414 g/mol. The first-order chi connectivity index (χ1) is 13.6. The van der Waals surface area contributed by atoms with E-state index < -0.39 is 24.5 Å². The van der Waals surface area contributed by atoms with Crippen LogP contribution in [0.15, 0.2) is 6.20 Å². The number of anilines is 1. The molecule has 0 aliphatic heterocycles. The highest BCUT2D eigenvalue weighted by atomic mass is 19.4. The van der Waals surface area contributed by atoms with Crippen LogP contribution >= 0.6 is 0 Å². The number of nitrogens with two attached hydrogens (primary N) is 1. The number of hydrogen-bond donors (Lipinski definition) is 4. The number of carbonyl (C=O) groups excluding carboxylic acids is 1. The number of alkyl halides is 3. The van der Waals surface area contributed by atoms with Crippen molar-refractivity contribution in [3.8, 4) is 6.07 Å². The van der Waals surface area contributed by atoms with Crippen molar-refractivity contribution in [1.82, 2.24) is 15.1 Å². The van der Waals surface area contributed by atoms with Crippen molar-refractivity contribution in [3.05, 3.63) is 11.8 Å². The summed E-state index contributed by atoms with van der Waals surface area (Å²) < 4.78 is 38.9. The zero-order valence-corrected chi connectivity index (χ0v) is 15.9. The number of hydrogen-bond acceptors (Lipinski definition) is 6. The van der Waals surface area contributed by atoms with Crippen molar-refractivity contribution < 1.29 is 23.1 Å². The number of nitrogens with zero attached hydrogens (tertiary/aromatic N) is 3. The molecule has 2 aliphatic carbocycles. The lowest BCUT2D eigenvalue weighted by Crippen LogP contribution is -2.45. The van der Waals surface area contributed by atoms with E-state index in [4.69, 9.17) is 5.73 Å². The number of rotatable bonds is 7. The second-order valence-electron chi connectivity index (χ2n) is 7.92. The molecule has 8 nitrogen and oxygen atoms in total. The van der Waals surface area contributed by atoms with E-state index in [0.29, 0.717) is 25.7 Å². The summed E-state index contributed by atoms with van der Waals surface area (Å²) >= 11 is 0. The number of nitriles is 1. The summed E-state index contributed by atoms with van der Waals surface area (Å²) in [7, 11) is 0. The molecule has 1 aromatic rings. The molecule has 160 valence electrons. The Labute approximate surface area is 166 Å². The van der Waals surface area contributed by atoms with Crippen LogP contribution in [-0.2, 0) is 10.3 Å². The van der Waals surface area contributed by atoms with E-state index in [1.54, 1.807) is 4.68 Å².